The number of halogens is 1. The van der Waals surface area contributed by atoms with E-state index in [0.717, 1.165) is 21.1 Å². The van der Waals surface area contributed by atoms with Gasteiger partial charge in [-0.2, -0.15) is 0 Å². The van der Waals surface area contributed by atoms with Crippen molar-refractivity contribution in [2.24, 2.45) is 0 Å². The highest BCUT2D eigenvalue weighted by Gasteiger charge is 2.00. The summed E-state index contributed by atoms with van der Waals surface area (Å²) in [6.45, 7) is 0. The van der Waals surface area contributed by atoms with Crippen LogP contribution in [0.15, 0.2) is 59.3 Å². The SMILES string of the molecule is Brc1ccc(-c2ccc3nccnc3c2)cc1. The molecule has 1 aromatic heterocycles. The van der Waals surface area contributed by atoms with Gasteiger partial charge in [-0.05, 0) is 35.4 Å². The molecule has 0 saturated carbocycles. The Bertz CT molecular complexity index is 662. The van der Waals surface area contributed by atoms with Crippen LogP contribution in [0.3, 0.4) is 0 Å². The molecule has 0 spiro atoms. The fourth-order valence-electron chi connectivity index (χ4n) is 1.79. The first-order chi connectivity index (χ1) is 8.33. The van der Waals surface area contributed by atoms with Crippen LogP contribution in [0.1, 0.15) is 0 Å². The van der Waals surface area contributed by atoms with Gasteiger partial charge in [0.25, 0.3) is 0 Å². The fourth-order valence-corrected chi connectivity index (χ4v) is 2.05. The average Bonchev–Trinajstić information content (AvgIpc) is 2.39. The number of rotatable bonds is 1. The lowest BCUT2D eigenvalue weighted by Gasteiger charge is -2.03. The van der Waals surface area contributed by atoms with Crippen LogP contribution in [0.2, 0.25) is 0 Å². The van der Waals surface area contributed by atoms with Crippen molar-refractivity contribution in [3.8, 4) is 11.1 Å². The first kappa shape index (κ1) is 10.4. The zero-order valence-corrected chi connectivity index (χ0v) is 10.6. The molecular weight excluding hydrogens is 276 g/mol. The van der Waals surface area contributed by atoms with Gasteiger partial charge in [0.05, 0.1) is 11.0 Å². The summed E-state index contributed by atoms with van der Waals surface area (Å²) >= 11 is 3.44. The summed E-state index contributed by atoms with van der Waals surface area (Å²) in [6.07, 6.45) is 3.43. The quantitative estimate of drug-likeness (QED) is 0.673. The predicted molar refractivity (Wildman–Crippen MR) is 72.7 cm³/mol. The number of hydrogen-bond acceptors (Lipinski definition) is 2. The van der Waals surface area contributed by atoms with Gasteiger partial charge in [0.15, 0.2) is 0 Å². The van der Waals surface area contributed by atoms with Crippen molar-refractivity contribution in [3.05, 3.63) is 59.3 Å². The molecule has 1 heterocycles. The van der Waals surface area contributed by atoms with Crippen LogP contribution in [-0.2, 0) is 0 Å². The van der Waals surface area contributed by atoms with E-state index in [9.17, 15) is 0 Å². The van der Waals surface area contributed by atoms with E-state index < -0.39 is 0 Å². The predicted octanol–water partition coefficient (Wildman–Crippen LogP) is 4.06. The number of aromatic nitrogens is 2. The van der Waals surface area contributed by atoms with E-state index in [1.807, 2.05) is 18.2 Å². The molecule has 82 valence electrons. The minimum atomic E-state index is 0.924. The maximum atomic E-state index is 4.31. The topological polar surface area (TPSA) is 25.8 Å². The van der Waals surface area contributed by atoms with Crippen molar-refractivity contribution in [2.75, 3.05) is 0 Å². The van der Waals surface area contributed by atoms with Gasteiger partial charge < -0.3 is 0 Å². The highest BCUT2D eigenvalue weighted by molar-refractivity contribution is 9.10. The fraction of sp³-hybridized carbons (Fsp3) is 0. The van der Waals surface area contributed by atoms with Crippen LogP contribution in [0.25, 0.3) is 22.2 Å². The summed E-state index contributed by atoms with van der Waals surface area (Å²) in [7, 11) is 0. The Morgan fingerprint density at radius 3 is 2.12 bits per heavy atom. The van der Waals surface area contributed by atoms with Crippen molar-refractivity contribution in [1.82, 2.24) is 9.97 Å². The summed E-state index contributed by atoms with van der Waals surface area (Å²) < 4.78 is 1.09. The largest absolute Gasteiger partial charge is 0.253 e. The molecule has 0 N–H and O–H groups in total. The first-order valence-electron chi connectivity index (χ1n) is 5.30. The molecule has 2 nitrogen and oxygen atoms in total. The number of fused-ring (bicyclic) bond motifs is 1. The van der Waals surface area contributed by atoms with Crippen molar-refractivity contribution < 1.29 is 0 Å². The molecule has 0 fully saturated rings. The molecule has 3 aromatic rings. The molecule has 0 aliphatic carbocycles. The molecule has 3 rings (SSSR count). The number of benzene rings is 2. The molecular formula is C14H9BrN2. The minimum absolute atomic E-state index is 0.924. The van der Waals surface area contributed by atoms with E-state index in [0.29, 0.717) is 0 Å². The van der Waals surface area contributed by atoms with E-state index in [-0.39, 0.29) is 0 Å². The van der Waals surface area contributed by atoms with Crippen LogP contribution in [0.5, 0.6) is 0 Å². The van der Waals surface area contributed by atoms with Gasteiger partial charge >= 0.3 is 0 Å². The van der Waals surface area contributed by atoms with Gasteiger partial charge in [0.1, 0.15) is 0 Å². The highest BCUT2D eigenvalue weighted by Crippen LogP contribution is 2.23. The monoisotopic (exact) mass is 284 g/mol. The lowest BCUT2D eigenvalue weighted by molar-refractivity contribution is 1.29. The molecule has 0 saturated heterocycles. The third-order valence-corrected chi connectivity index (χ3v) is 3.18. The molecule has 0 unspecified atom stereocenters. The summed E-state index contributed by atoms with van der Waals surface area (Å²) in [4.78, 5) is 8.57. The van der Waals surface area contributed by atoms with Crippen LogP contribution in [-0.4, -0.2) is 9.97 Å². The molecule has 0 bridgehead atoms. The number of hydrogen-bond donors (Lipinski definition) is 0. The summed E-state index contributed by atoms with van der Waals surface area (Å²) in [5.74, 6) is 0. The van der Waals surface area contributed by atoms with E-state index in [2.05, 4.69) is 50.2 Å². The zero-order valence-electron chi connectivity index (χ0n) is 8.97. The first-order valence-corrected chi connectivity index (χ1v) is 6.09. The van der Waals surface area contributed by atoms with Gasteiger partial charge in [-0.15, -0.1) is 0 Å². The second-order valence-electron chi connectivity index (χ2n) is 3.77. The van der Waals surface area contributed by atoms with E-state index in [4.69, 9.17) is 0 Å². The molecule has 2 aromatic carbocycles. The Balaban J connectivity index is 2.14. The zero-order chi connectivity index (χ0) is 11.7. The molecule has 17 heavy (non-hydrogen) atoms. The Hall–Kier alpha value is -1.74. The molecule has 0 aliphatic heterocycles. The van der Waals surface area contributed by atoms with E-state index >= 15 is 0 Å². The Labute approximate surface area is 107 Å². The lowest BCUT2D eigenvalue weighted by atomic mass is 10.1. The van der Waals surface area contributed by atoms with Crippen LogP contribution in [0, 0.1) is 0 Å². The Morgan fingerprint density at radius 1 is 0.706 bits per heavy atom. The smallest absolute Gasteiger partial charge is 0.0892 e. The maximum absolute atomic E-state index is 4.31. The van der Waals surface area contributed by atoms with Crippen LogP contribution in [0.4, 0.5) is 0 Å². The summed E-state index contributed by atoms with van der Waals surface area (Å²) in [5, 5.41) is 0. The molecule has 3 heteroatoms. The maximum Gasteiger partial charge on any atom is 0.0892 e. The van der Waals surface area contributed by atoms with Crippen molar-refractivity contribution >= 4 is 27.0 Å². The lowest BCUT2D eigenvalue weighted by Crippen LogP contribution is -1.83. The average molecular weight is 285 g/mol. The van der Waals surface area contributed by atoms with Gasteiger partial charge in [-0.3, -0.25) is 9.97 Å². The van der Waals surface area contributed by atoms with Crippen molar-refractivity contribution in [1.29, 1.82) is 0 Å². The second kappa shape index (κ2) is 4.26. The molecule has 0 radical (unpaired) electrons. The van der Waals surface area contributed by atoms with Crippen molar-refractivity contribution in [3.63, 3.8) is 0 Å². The third-order valence-electron chi connectivity index (χ3n) is 2.65. The van der Waals surface area contributed by atoms with E-state index in [1.165, 1.54) is 5.56 Å². The summed E-state index contributed by atoms with van der Waals surface area (Å²) in [5.41, 5.74) is 4.19. The summed E-state index contributed by atoms with van der Waals surface area (Å²) in [6, 6.07) is 14.4. The number of nitrogens with zero attached hydrogens (tertiary/aromatic N) is 2. The minimum Gasteiger partial charge on any atom is -0.253 e. The second-order valence-corrected chi connectivity index (χ2v) is 4.68. The molecule has 0 aliphatic rings. The van der Waals surface area contributed by atoms with Crippen LogP contribution >= 0.6 is 15.9 Å². The standard InChI is InChI=1S/C14H9BrN2/c15-12-4-1-10(2-5-12)11-3-6-13-14(9-11)17-8-7-16-13/h1-9H. The third kappa shape index (κ3) is 2.06. The normalized spacial score (nSPS) is 10.6. The van der Waals surface area contributed by atoms with E-state index in [1.54, 1.807) is 12.4 Å². The highest BCUT2D eigenvalue weighted by atomic mass is 79.9. The molecule has 0 atom stereocenters. The molecule has 0 amide bonds. The van der Waals surface area contributed by atoms with Crippen LogP contribution < -0.4 is 0 Å². The van der Waals surface area contributed by atoms with Gasteiger partial charge in [0.2, 0.25) is 0 Å². The van der Waals surface area contributed by atoms with Gasteiger partial charge in [0, 0.05) is 16.9 Å². The van der Waals surface area contributed by atoms with Gasteiger partial charge in [-0.25, -0.2) is 0 Å². The Kier molecular flexibility index (Phi) is 2.61. The Morgan fingerprint density at radius 2 is 1.35 bits per heavy atom. The van der Waals surface area contributed by atoms with Crippen molar-refractivity contribution in [2.45, 2.75) is 0 Å². The van der Waals surface area contributed by atoms with Gasteiger partial charge in [-0.1, -0.05) is 34.1 Å².